The van der Waals surface area contributed by atoms with Gasteiger partial charge in [0.15, 0.2) is 17.1 Å². The van der Waals surface area contributed by atoms with Crippen LogP contribution in [0.5, 0.6) is 11.5 Å². The minimum atomic E-state index is -4.53. The fourth-order valence-electron chi connectivity index (χ4n) is 4.60. The highest BCUT2D eigenvalue weighted by atomic mass is 16.9. The fourth-order valence-corrected chi connectivity index (χ4v) is 4.60. The van der Waals surface area contributed by atoms with Crippen LogP contribution in [0, 0.1) is 5.92 Å². The molecule has 2 aliphatic heterocycles. The summed E-state index contributed by atoms with van der Waals surface area (Å²) in [6.07, 6.45) is -4.95. The van der Waals surface area contributed by atoms with Crippen molar-refractivity contribution in [1.82, 2.24) is 4.90 Å². The number of hydrogen-bond acceptors (Lipinski definition) is 17. The summed E-state index contributed by atoms with van der Waals surface area (Å²) in [5.74, 6) is -22.2. The summed E-state index contributed by atoms with van der Waals surface area (Å²) >= 11 is 0. The third-order valence-corrected chi connectivity index (χ3v) is 6.15. The monoisotopic (exact) mass is 525 g/mol. The van der Waals surface area contributed by atoms with Crippen molar-refractivity contribution >= 4 is 5.78 Å². The predicted molar refractivity (Wildman–Crippen MR) is 106 cm³/mol. The molecule has 1 aromatic rings. The van der Waals surface area contributed by atoms with Crippen LogP contribution in [0.2, 0.25) is 0 Å². The smallest absolute Gasteiger partial charge is 0.453 e. The number of rotatable bonds is 5. The molecular weight excluding hydrogens is 498 g/mol. The van der Waals surface area contributed by atoms with Crippen molar-refractivity contribution in [3.63, 3.8) is 0 Å². The Kier molecular flexibility index (Phi) is 6.11. The van der Waals surface area contributed by atoms with Gasteiger partial charge in [-0.15, -0.1) is 0 Å². The molecule has 0 aliphatic carbocycles. The number of carbonyl (C=O) groups excluding carboxylic acids is 1. The zero-order valence-electron chi connectivity index (χ0n) is 18.9. The topological polar surface area (TPSA) is 302 Å². The lowest BCUT2D eigenvalue weighted by molar-refractivity contribution is -0.559. The molecule has 0 aromatic heterocycles. The van der Waals surface area contributed by atoms with Gasteiger partial charge in [-0.05, 0) is 24.5 Å². The number of Topliss-reactive ketones (excluding diaryl/α,β-unsaturated/α-hetero) is 1. The number of hydrogen-bond donors (Lipinski definition) is 13. The average molecular weight is 525 g/mol. The van der Waals surface area contributed by atoms with Crippen molar-refractivity contribution in [2.24, 2.45) is 5.92 Å². The molecule has 2 unspecified atom stereocenters. The normalized spacial score (nSPS) is 30.5. The quantitative estimate of drug-likeness (QED) is 0.159. The first-order valence-corrected chi connectivity index (χ1v) is 10.1. The lowest BCUT2D eigenvalue weighted by Gasteiger charge is -2.65. The van der Waals surface area contributed by atoms with Gasteiger partial charge in [-0.25, -0.2) is 0 Å². The first-order chi connectivity index (χ1) is 15.9. The fraction of sp³-hybridized carbons (Fsp3) is 0.632. The molecule has 2 heterocycles. The summed E-state index contributed by atoms with van der Waals surface area (Å²) in [5, 5.41) is 136. The third kappa shape index (κ3) is 3.39. The molecule has 0 spiro atoms. The van der Waals surface area contributed by atoms with Crippen molar-refractivity contribution in [1.29, 1.82) is 0 Å². The minimum Gasteiger partial charge on any atom is -0.493 e. The highest BCUT2D eigenvalue weighted by Crippen LogP contribution is 2.60. The molecular formula is C19H27NO16. The number of carbonyl (C=O) groups is 1. The molecule has 3 rings (SSSR count). The summed E-state index contributed by atoms with van der Waals surface area (Å²) in [6.45, 7) is 2.66. The number of piperidine rings is 1. The second kappa shape index (κ2) is 7.72. The molecule has 17 nitrogen and oxygen atoms in total. The molecule has 1 aromatic carbocycles. The average Bonchev–Trinajstić information content (AvgIpc) is 2.68. The Morgan fingerprint density at radius 2 is 1.33 bits per heavy atom. The first kappa shape index (κ1) is 28.5. The molecule has 1 fully saturated rings. The molecule has 1 saturated heterocycles. The number of fused-ring (bicyclic) bond motifs is 3. The van der Waals surface area contributed by atoms with Gasteiger partial charge in [0.25, 0.3) is 23.4 Å². The van der Waals surface area contributed by atoms with Gasteiger partial charge >= 0.3 is 6.16 Å². The maximum atomic E-state index is 13.1. The van der Waals surface area contributed by atoms with E-state index in [9.17, 15) is 71.2 Å². The third-order valence-electron chi connectivity index (χ3n) is 6.15. The van der Waals surface area contributed by atoms with E-state index >= 15 is 0 Å². The van der Waals surface area contributed by atoms with Crippen LogP contribution < -0.4 is 9.47 Å². The maximum absolute atomic E-state index is 13.1. The molecule has 17 heteroatoms. The highest BCUT2D eigenvalue weighted by Gasteiger charge is 2.85. The van der Waals surface area contributed by atoms with Crippen LogP contribution >= 0.6 is 0 Å². The minimum absolute atomic E-state index is 0.284. The Labute approximate surface area is 201 Å². The van der Waals surface area contributed by atoms with E-state index in [0.717, 1.165) is 7.11 Å². The van der Waals surface area contributed by atoms with Gasteiger partial charge < -0.3 is 75.9 Å². The summed E-state index contributed by atoms with van der Waals surface area (Å²) in [5.41, 5.74) is -10.5. The van der Waals surface area contributed by atoms with Gasteiger partial charge in [-0.2, -0.15) is 4.90 Å². The van der Waals surface area contributed by atoms with E-state index < -0.39 is 86.5 Å². The number of ether oxygens (including phenoxy) is 2. The number of nitrogens with zero attached hydrogens (tertiary/aromatic N) is 1. The van der Waals surface area contributed by atoms with E-state index in [0.29, 0.717) is 6.07 Å². The van der Waals surface area contributed by atoms with Crippen LogP contribution in [0.4, 0.5) is 0 Å². The van der Waals surface area contributed by atoms with Gasteiger partial charge in [0.1, 0.15) is 0 Å². The molecule has 0 saturated carbocycles. The van der Waals surface area contributed by atoms with E-state index in [2.05, 4.69) is 4.74 Å². The number of methoxy groups -OCH3 is 1. The van der Waals surface area contributed by atoms with E-state index in [1.165, 1.54) is 13.8 Å². The van der Waals surface area contributed by atoms with E-state index in [1.54, 1.807) is 0 Å². The van der Waals surface area contributed by atoms with Crippen LogP contribution in [0.15, 0.2) is 12.1 Å². The zero-order chi connectivity index (χ0) is 28.1. The Balaban J connectivity index is 2.51. The molecule has 2 aliphatic rings. The van der Waals surface area contributed by atoms with Crippen molar-refractivity contribution in [2.75, 3.05) is 7.11 Å². The Bertz CT molecular complexity index is 1080. The van der Waals surface area contributed by atoms with Crippen LogP contribution in [0.25, 0.3) is 0 Å². The van der Waals surface area contributed by atoms with Crippen molar-refractivity contribution < 1.29 is 80.7 Å². The standard InChI is InChI=1S/C19H27NO16/c1-7(2)6-13(22)12(21)16(26,27)14(23)8-4-11(36-19(32,33)34)10(35-3)5-9(8)15(24,25)18(30,31)20(14)17(13,28)29/h4-5,7,22-34H,6H2,1-3H3. The molecule has 2 atom stereocenters. The molecule has 36 heavy (non-hydrogen) atoms. The van der Waals surface area contributed by atoms with Crippen LogP contribution in [-0.4, -0.2) is 114 Å². The van der Waals surface area contributed by atoms with E-state index in [4.69, 9.17) is 4.74 Å². The Hall–Kier alpha value is -2.07. The summed E-state index contributed by atoms with van der Waals surface area (Å²) in [6, 6.07) is 0.700. The largest absolute Gasteiger partial charge is 0.493 e. The first-order valence-electron chi connectivity index (χ1n) is 10.1. The summed E-state index contributed by atoms with van der Waals surface area (Å²) < 4.78 is 9.19. The van der Waals surface area contributed by atoms with Crippen LogP contribution in [-0.2, 0) is 16.3 Å². The van der Waals surface area contributed by atoms with Gasteiger partial charge in [0, 0.05) is 11.1 Å². The molecule has 0 radical (unpaired) electrons. The van der Waals surface area contributed by atoms with Crippen molar-refractivity contribution in [2.45, 2.75) is 61.1 Å². The van der Waals surface area contributed by atoms with Gasteiger partial charge in [-0.3, -0.25) is 4.79 Å². The second-order valence-electron chi connectivity index (χ2n) is 9.13. The van der Waals surface area contributed by atoms with Gasteiger partial charge in [0.05, 0.1) is 7.11 Å². The molecule has 13 N–H and O–H groups in total. The number of benzene rings is 1. The number of aliphatic hydroxyl groups is 13. The zero-order valence-corrected chi connectivity index (χ0v) is 18.9. The lowest BCUT2D eigenvalue weighted by Crippen LogP contribution is -2.92. The number of ketones is 1. The molecule has 204 valence electrons. The van der Waals surface area contributed by atoms with E-state index in [-0.39, 0.29) is 6.07 Å². The molecule has 0 bridgehead atoms. The lowest BCUT2D eigenvalue weighted by atomic mass is 9.67. The Morgan fingerprint density at radius 1 is 0.833 bits per heavy atom. The molecule has 0 amide bonds. The Morgan fingerprint density at radius 3 is 1.78 bits per heavy atom. The van der Waals surface area contributed by atoms with Crippen molar-refractivity contribution in [3.8, 4) is 11.5 Å². The summed E-state index contributed by atoms with van der Waals surface area (Å²) in [7, 11) is 0.902. The second-order valence-corrected chi connectivity index (χ2v) is 9.13. The van der Waals surface area contributed by atoms with Gasteiger partial charge in [0.2, 0.25) is 11.5 Å². The highest BCUT2D eigenvalue weighted by molar-refractivity contribution is 5.96. The van der Waals surface area contributed by atoms with Crippen LogP contribution in [0.1, 0.15) is 31.4 Å². The predicted octanol–water partition coefficient (Wildman–Crippen LogP) is -6.42. The summed E-state index contributed by atoms with van der Waals surface area (Å²) in [4.78, 5) is 12.1. The van der Waals surface area contributed by atoms with Crippen LogP contribution in [0.3, 0.4) is 0 Å². The van der Waals surface area contributed by atoms with Gasteiger partial charge in [-0.1, -0.05) is 13.8 Å². The van der Waals surface area contributed by atoms with Crippen molar-refractivity contribution in [3.05, 3.63) is 23.3 Å². The SMILES string of the molecule is COc1cc2c(cc1OC(O)(O)O)C1(O)N(C(O)(O)C(O)(CC(C)C)C(=O)C1(O)O)C(O)(O)C2(O)O. The maximum Gasteiger partial charge on any atom is 0.453 e. The van der Waals surface area contributed by atoms with E-state index in [1.807, 2.05) is 0 Å².